The molecule has 0 bridgehead atoms. The summed E-state index contributed by atoms with van der Waals surface area (Å²) >= 11 is 0. The molecule has 0 saturated carbocycles. The number of sulfone groups is 1. The molecule has 0 atom stereocenters. The van der Waals surface area contributed by atoms with Gasteiger partial charge in [-0.15, -0.1) is 0 Å². The van der Waals surface area contributed by atoms with Gasteiger partial charge in [0.15, 0.2) is 15.8 Å². The summed E-state index contributed by atoms with van der Waals surface area (Å²) in [5.41, 5.74) is 6.85. The van der Waals surface area contributed by atoms with Crippen LogP contribution >= 0.6 is 0 Å². The highest BCUT2D eigenvalue weighted by atomic mass is 32.2. The molecule has 1 aliphatic heterocycles. The average Bonchev–Trinajstić information content (AvgIpc) is 2.81. The van der Waals surface area contributed by atoms with Crippen LogP contribution in [-0.2, 0) is 15.6 Å². The maximum atomic E-state index is 12.1. The van der Waals surface area contributed by atoms with Crippen molar-refractivity contribution in [3.05, 3.63) is 35.9 Å². The third kappa shape index (κ3) is 6.60. The Kier molecular flexibility index (Phi) is 6.89. The smallest absolute Gasteiger partial charge is 0.191 e. The van der Waals surface area contributed by atoms with Crippen LogP contribution in [0.4, 0.5) is 0 Å². The predicted molar refractivity (Wildman–Crippen MR) is 95.1 cm³/mol. The van der Waals surface area contributed by atoms with Crippen LogP contribution in [-0.4, -0.2) is 44.7 Å². The number of hydrogen-bond acceptors (Lipinski definition) is 3. The monoisotopic (exact) mass is 337 g/mol. The van der Waals surface area contributed by atoms with Gasteiger partial charge in [-0.05, 0) is 24.8 Å². The van der Waals surface area contributed by atoms with Gasteiger partial charge >= 0.3 is 0 Å². The van der Waals surface area contributed by atoms with Crippen LogP contribution in [0.2, 0.25) is 0 Å². The molecule has 1 aliphatic rings. The van der Waals surface area contributed by atoms with E-state index in [2.05, 4.69) is 9.89 Å². The number of nitrogens with zero attached hydrogens (tertiary/aromatic N) is 2. The van der Waals surface area contributed by atoms with Crippen LogP contribution in [0.25, 0.3) is 0 Å². The zero-order valence-electron chi connectivity index (χ0n) is 13.7. The Labute approximate surface area is 139 Å². The summed E-state index contributed by atoms with van der Waals surface area (Å²) in [6.07, 6.45) is 5.33. The van der Waals surface area contributed by atoms with Crippen LogP contribution in [0.3, 0.4) is 0 Å². The molecular weight excluding hydrogens is 310 g/mol. The Balaban J connectivity index is 1.76. The molecule has 2 rings (SSSR count). The van der Waals surface area contributed by atoms with Gasteiger partial charge in [-0.2, -0.15) is 0 Å². The van der Waals surface area contributed by atoms with Crippen molar-refractivity contribution in [3.63, 3.8) is 0 Å². The molecule has 1 aromatic rings. The molecule has 23 heavy (non-hydrogen) atoms. The third-order valence-corrected chi connectivity index (χ3v) is 5.73. The first kappa shape index (κ1) is 17.8. The van der Waals surface area contributed by atoms with E-state index in [-0.39, 0.29) is 11.5 Å². The summed E-state index contributed by atoms with van der Waals surface area (Å²) in [5, 5.41) is 0. The molecule has 0 spiro atoms. The highest BCUT2D eigenvalue weighted by Crippen LogP contribution is 2.10. The van der Waals surface area contributed by atoms with Crippen molar-refractivity contribution >= 4 is 15.8 Å². The fourth-order valence-corrected chi connectivity index (χ4v) is 4.19. The lowest BCUT2D eigenvalue weighted by Crippen LogP contribution is -2.38. The van der Waals surface area contributed by atoms with Gasteiger partial charge in [0.25, 0.3) is 0 Å². The molecule has 128 valence electrons. The van der Waals surface area contributed by atoms with Crippen LogP contribution in [0.5, 0.6) is 0 Å². The van der Waals surface area contributed by atoms with E-state index >= 15 is 0 Å². The minimum Gasteiger partial charge on any atom is -0.370 e. The van der Waals surface area contributed by atoms with Crippen molar-refractivity contribution in [1.82, 2.24) is 4.90 Å². The van der Waals surface area contributed by atoms with E-state index in [9.17, 15) is 8.42 Å². The first-order valence-corrected chi connectivity index (χ1v) is 10.2. The molecule has 1 saturated heterocycles. The Morgan fingerprint density at radius 3 is 2.39 bits per heavy atom. The minimum atomic E-state index is -3.09. The second-order valence-electron chi connectivity index (χ2n) is 6.07. The SMILES string of the molecule is NC(=NCCCS(=O)(=O)Cc1ccccc1)N1CCCCCC1. The van der Waals surface area contributed by atoms with Gasteiger partial charge in [-0.25, -0.2) is 8.42 Å². The molecule has 2 N–H and O–H groups in total. The standard InChI is InChI=1S/C17H27N3O2S/c18-17(20-12-6-1-2-7-13-20)19-11-8-14-23(21,22)15-16-9-4-3-5-10-16/h3-5,9-10H,1-2,6-8,11-15H2,(H2,18,19). The fraction of sp³-hybridized carbons (Fsp3) is 0.588. The molecule has 0 radical (unpaired) electrons. The lowest BCUT2D eigenvalue weighted by molar-refractivity contribution is 0.428. The van der Waals surface area contributed by atoms with Gasteiger partial charge in [-0.1, -0.05) is 43.2 Å². The summed E-state index contributed by atoms with van der Waals surface area (Å²) in [7, 11) is -3.09. The average molecular weight is 337 g/mol. The molecular formula is C17H27N3O2S. The summed E-state index contributed by atoms with van der Waals surface area (Å²) in [6.45, 7) is 2.39. The number of hydrogen-bond donors (Lipinski definition) is 1. The van der Waals surface area contributed by atoms with Gasteiger partial charge in [0, 0.05) is 19.6 Å². The number of benzene rings is 1. The lowest BCUT2D eigenvalue weighted by atomic mass is 10.2. The van der Waals surface area contributed by atoms with E-state index in [1.165, 1.54) is 12.8 Å². The molecule has 1 heterocycles. The molecule has 0 amide bonds. The number of rotatable bonds is 6. The predicted octanol–water partition coefficient (Wildman–Crippen LogP) is 2.18. The van der Waals surface area contributed by atoms with Crippen LogP contribution in [0.1, 0.15) is 37.7 Å². The molecule has 6 heteroatoms. The Hall–Kier alpha value is -1.56. The van der Waals surface area contributed by atoms with Crippen molar-refractivity contribution in [3.8, 4) is 0 Å². The topological polar surface area (TPSA) is 75.8 Å². The number of guanidine groups is 1. The van der Waals surface area contributed by atoms with E-state index in [4.69, 9.17) is 5.73 Å². The summed E-state index contributed by atoms with van der Waals surface area (Å²) in [5.74, 6) is 0.810. The molecule has 5 nitrogen and oxygen atoms in total. The van der Waals surface area contributed by atoms with E-state index < -0.39 is 9.84 Å². The van der Waals surface area contributed by atoms with Gasteiger partial charge < -0.3 is 10.6 Å². The Morgan fingerprint density at radius 2 is 1.74 bits per heavy atom. The molecule has 1 aromatic carbocycles. The number of nitrogens with two attached hydrogens (primary N) is 1. The normalized spacial score (nSPS) is 17.0. The number of aliphatic imine (C=N–C) groups is 1. The Bertz CT molecular complexity index is 592. The molecule has 1 fully saturated rings. The van der Waals surface area contributed by atoms with E-state index in [0.717, 1.165) is 31.5 Å². The van der Waals surface area contributed by atoms with Crippen LogP contribution in [0, 0.1) is 0 Å². The van der Waals surface area contributed by atoms with Crippen LogP contribution < -0.4 is 5.73 Å². The van der Waals surface area contributed by atoms with E-state index in [1.54, 1.807) is 0 Å². The first-order chi connectivity index (χ1) is 11.1. The van der Waals surface area contributed by atoms with Gasteiger partial charge in [0.1, 0.15) is 0 Å². The molecule has 0 aromatic heterocycles. The second-order valence-corrected chi connectivity index (χ2v) is 8.26. The van der Waals surface area contributed by atoms with Crippen molar-refractivity contribution in [2.24, 2.45) is 10.7 Å². The lowest BCUT2D eigenvalue weighted by Gasteiger charge is -2.21. The first-order valence-electron chi connectivity index (χ1n) is 8.36. The largest absolute Gasteiger partial charge is 0.370 e. The maximum Gasteiger partial charge on any atom is 0.191 e. The van der Waals surface area contributed by atoms with E-state index in [1.807, 2.05) is 30.3 Å². The van der Waals surface area contributed by atoms with Gasteiger partial charge in [-0.3, -0.25) is 4.99 Å². The van der Waals surface area contributed by atoms with Crippen LogP contribution in [0.15, 0.2) is 35.3 Å². The molecule has 0 aliphatic carbocycles. The van der Waals surface area contributed by atoms with Crippen molar-refractivity contribution in [1.29, 1.82) is 0 Å². The maximum absolute atomic E-state index is 12.1. The highest BCUT2D eigenvalue weighted by molar-refractivity contribution is 7.90. The van der Waals surface area contributed by atoms with Crippen molar-refractivity contribution in [2.45, 2.75) is 37.9 Å². The minimum absolute atomic E-state index is 0.0964. The summed E-state index contributed by atoms with van der Waals surface area (Å²) < 4.78 is 24.2. The van der Waals surface area contributed by atoms with Gasteiger partial charge in [0.05, 0.1) is 11.5 Å². The fourth-order valence-electron chi connectivity index (χ4n) is 2.78. The molecule has 0 unspecified atom stereocenters. The van der Waals surface area contributed by atoms with Crippen molar-refractivity contribution < 1.29 is 8.42 Å². The summed E-state index contributed by atoms with van der Waals surface area (Å²) in [6, 6.07) is 9.28. The Morgan fingerprint density at radius 1 is 1.09 bits per heavy atom. The zero-order chi connectivity index (χ0) is 16.5. The highest BCUT2D eigenvalue weighted by Gasteiger charge is 2.13. The summed E-state index contributed by atoms with van der Waals surface area (Å²) in [4.78, 5) is 6.47. The zero-order valence-corrected chi connectivity index (χ0v) is 14.5. The number of likely N-dealkylation sites (tertiary alicyclic amines) is 1. The quantitative estimate of drug-likeness (QED) is 0.490. The van der Waals surface area contributed by atoms with Gasteiger partial charge in [0.2, 0.25) is 0 Å². The second kappa shape index (κ2) is 8.91. The third-order valence-electron chi connectivity index (χ3n) is 4.05. The van der Waals surface area contributed by atoms with E-state index in [0.29, 0.717) is 18.9 Å². The van der Waals surface area contributed by atoms with Crippen molar-refractivity contribution in [2.75, 3.05) is 25.4 Å².